The van der Waals surface area contributed by atoms with Crippen molar-refractivity contribution in [3.63, 3.8) is 0 Å². The monoisotopic (exact) mass is 271 g/mol. The van der Waals surface area contributed by atoms with Crippen LogP contribution in [0.25, 0.3) is 0 Å². The molecule has 1 aromatic carbocycles. The fraction of sp³-hybridized carbons (Fsp3) is 0.200. The minimum Gasteiger partial charge on any atom is -0.481 e. The average Bonchev–Trinajstić information content (AvgIpc) is 2.49. The lowest BCUT2D eigenvalue weighted by molar-refractivity contribution is -0.119. The van der Waals surface area contributed by atoms with Crippen molar-refractivity contribution >= 4 is 5.91 Å². The summed E-state index contributed by atoms with van der Waals surface area (Å²) in [6.07, 6.45) is 1.65. The Labute approximate surface area is 117 Å². The topological polar surface area (TPSA) is 91.2 Å². The second-order valence-electron chi connectivity index (χ2n) is 4.45. The van der Waals surface area contributed by atoms with Gasteiger partial charge < -0.3 is 16.2 Å². The molecule has 104 valence electrons. The van der Waals surface area contributed by atoms with Crippen LogP contribution in [-0.4, -0.2) is 24.0 Å². The van der Waals surface area contributed by atoms with Gasteiger partial charge in [-0.3, -0.25) is 4.79 Å². The fourth-order valence-electron chi connectivity index (χ4n) is 2.13. The molecule has 0 saturated carbocycles. The van der Waals surface area contributed by atoms with Gasteiger partial charge in [0.1, 0.15) is 0 Å². The molecule has 0 aliphatic carbocycles. The predicted octanol–water partition coefficient (Wildman–Crippen LogP) is 1.03. The van der Waals surface area contributed by atoms with Crippen LogP contribution in [0.2, 0.25) is 0 Å². The van der Waals surface area contributed by atoms with E-state index in [1.807, 2.05) is 36.4 Å². The molecule has 1 amide bonds. The molecule has 5 nitrogen and oxygen atoms in total. The summed E-state index contributed by atoms with van der Waals surface area (Å²) in [6, 6.07) is 12.3. The number of primary amides is 1. The number of rotatable bonds is 5. The molecule has 20 heavy (non-hydrogen) atoms. The van der Waals surface area contributed by atoms with Crippen LogP contribution in [0.4, 0.5) is 0 Å². The first-order chi connectivity index (χ1) is 9.63. The highest BCUT2D eigenvalue weighted by atomic mass is 16.5. The van der Waals surface area contributed by atoms with E-state index in [2.05, 4.69) is 4.98 Å². The van der Waals surface area contributed by atoms with E-state index < -0.39 is 11.9 Å². The molecule has 1 aromatic heterocycles. The van der Waals surface area contributed by atoms with Gasteiger partial charge in [-0.15, -0.1) is 0 Å². The lowest BCUT2D eigenvalue weighted by atomic mass is 9.86. The van der Waals surface area contributed by atoms with Crippen molar-refractivity contribution in [3.8, 4) is 5.88 Å². The van der Waals surface area contributed by atoms with Crippen LogP contribution >= 0.6 is 0 Å². The average molecular weight is 271 g/mol. The van der Waals surface area contributed by atoms with Gasteiger partial charge in [-0.25, -0.2) is 4.98 Å². The molecule has 0 aliphatic heterocycles. The van der Waals surface area contributed by atoms with Gasteiger partial charge in [0.05, 0.1) is 13.2 Å². The number of carbonyl (C=O) groups is 1. The van der Waals surface area contributed by atoms with Gasteiger partial charge in [0.25, 0.3) is 0 Å². The maximum absolute atomic E-state index is 11.5. The fourth-order valence-corrected chi connectivity index (χ4v) is 2.13. The summed E-state index contributed by atoms with van der Waals surface area (Å²) in [5.41, 5.74) is 13.1. The van der Waals surface area contributed by atoms with Crippen LogP contribution in [0.5, 0.6) is 5.88 Å². The molecule has 0 aliphatic rings. The van der Waals surface area contributed by atoms with Crippen LogP contribution in [0.1, 0.15) is 17.0 Å². The number of nitrogens with zero attached hydrogens (tertiary/aromatic N) is 1. The van der Waals surface area contributed by atoms with Crippen molar-refractivity contribution in [2.45, 2.75) is 12.0 Å². The Kier molecular flexibility index (Phi) is 4.32. The molecule has 2 rings (SSSR count). The number of carbonyl (C=O) groups excluding carboxylic acids is 1. The Balaban J connectivity index is 2.43. The maximum atomic E-state index is 11.5. The number of hydrogen-bond donors (Lipinski definition) is 2. The zero-order valence-electron chi connectivity index (χ0n) is 11.2. The Bertz CT molecular complexity index is 569. The molecule has 5 heteroatoms. The highest BCUT2D eigenvalue weighted by Gasteiger charge is 2.26. The normalized spacial score (nSPS) is 13.5. The number of aromatic nitrogens is 1. The first-order valence-corrected chi connectivity index (χ1v) is 6.23. The highest BCUT2D eigenvalue weighted by Crippen LogP contribution is 2.27. The minimum absolute atomic E-state index is 0.327. The van der Waals surface area contributed by atoms with Crippen molar-refractivity contribution in [1.82, 2.24) is 4.98 Å². The first-order valence-electron chi connectivity index (χ1n) is 6.23. The Morgan fingerprint density at radius 2 is 1.85 bits per heavy atom. The van der Waals surface area contributed by atoms with Crippen LogP contribution in [0, 0.1) is 0 Å². The maximum Gasteiger partial charge on any atom is 0.235 e. The van der Waals surface area contributed by atoms with Gasteiger partial charge in [0.2, 0.25) is 11.8 Å². The zero-order valence-corrected chi connectivity index (χ0v) is 11.2. The Morgan fingerprint density at radius 3 is 2.35 bits per heavy atom. The van der Waals surface area contributed by atoms with E-state index in [0.29, 0.717) is 5.88 Å². The molecule has 1 heterocycles. The molecule has 0 saturated heterocycles. The number of nitrogens with two attached hydrogens (primary N) is 2. The van der Waals surface area contributed by atoms with Gasteiger partial charge in [0.15, 0.2) is 0 Å². The number of pyridine rings is 1. The molecule has 0 bridgehead atoms. The molecule has 0 fully saturated rings. The van der Waals surface area contributed by atoms with E-state index in [-0.39, 0.29) is 5.92 Å². The van der Waals surface area contributed by atoms with Gasteiger partial charge in [-0.2, -0.15) is 0 Å². The molecule has 0 radical (unpaired) electrons. The second kappa shape index (κ2) is 6.16. The third-order valence-corrected chi connectivity index (χ3v) is 3.17. The molecular weight excluding hydrogens is 254 g/mol. The van der Waals surface area contributed by atoms with E-state index in [1.165, 1.54) is 0 Å². The van der Waals surface area contributed by atoms with E-state index >= 15 is 0 Å². The van der Waals surface area contributed by atoms with Crippen LogP contribution in [-0.2, 0) is 4.79 Å². The first kappa shape index (κ1) is 14.0. The number of hydrogen-bond acceptors (Lipinski definition) is 4. The molecular formula is C15H17N3O2. The number of benzene rings is 1. The summed E-state index contributed by atoms with van der Waals surface area (Å²) in [5, 5.41) is 0. The third-order valence-electron chi connectivity index (χ3n) is 3.17. The van der Waals surface area contributed by atoms with Crippen molar-refractivity contribution in [2.75, 3.05) is 7.11 Å². The summed E-state index contributed by atoms with van der Waals surface area (Å²) in [6.45, 7) is 0. The lowest BCUT2D eigenvalue weighted by Gasteiger charge is -2.22. The van der Waals surface area contributed by atoms with Crippen molar-refractivity contribution in [2.24, 2.45) is 11.5 Å². The lowest BCUT2D eigenvalue weighted by Crippen LogP contribution is -2.41. The smallest absolute Gasteiger partial charge is 0.235 e. The summed E-state index contributed by atoms with van der Waals surface area (Å²) in [5.74, 6) is -0.366. The zero-order chi connectivity index (χ0) is 14.5. The standard InChI is InChI=1S/C15H17N3O2/c1-20-12-8-7-11(9-18-12)13(14(16)15(17)19)10-5-3-2-4-6-10/h2-9,13-14H,16H2,1H3,(H2,17,19)/t13?,14-/m0/s1. The van der Waals surface area contributed by atoms with E-state index in [1.54, 1.807) is 19.4 Å². The van der Waals surface area contributed by atoms with Crippen LogP contribution in [0.3, 0.4) is 0 Å². The molecule has 4 N–H and O–H groups in total. The largest absolute Gasteiger partial charge is 0.481 e. The predicted molar refractivity (Wildman–Crippen MR) is 76.2 cm³/mol. The molecule has 2 atom stereocenters. The molecule has 2 aromatic rings. The molecule has 1 unspecified atom stereocenters. The Morgan fingerprint density at radius 1 is 1.15 bits per heavy atom. The third kappa shape index (κ3) is 2.95. The SMILES string of the molecule is COc1ccc(C(c2ccccc2)[C@H](N)C(N)=O)cn1. The van der Waals surface area contributed by atoms with Crippen molar-refractivity contribution in [1.29, 1.82) is 0 Å². The minimum atomic E-state index is -0.812. The van der Waals surface area contributed by atoms with Crippen molar-refractivity contribution in [3.05, 3.63) is 59.8 Å². The number of methoxy groups -OCH3 is 1. The van der Waals surface area contributed by atoms with Crippen molar-refractivity contribution < 1.29 is 9.53 Å². The number of ether oxygens (including phenoxy) is 1. The van der Waals surface area contributed by atoms with Gasteiger partial charge >= 0.3 is 0 Å². The van der Waals surface area contributed by atoms with Crippen LogP contribution < -0.4 is 16.2 Å². The quantitative estimate of drug-likeness (QED) is 0.849. The molecule has 0 spiro atoms. The summed E-state index contributed by atoms with van der Waals surface area (Å²) < 4.78 is 5.03. The van der Waals surface area contributed by atoms with Crippen LogP contribution in [0.15, 0.2) is 48.7 Å². The Hall–Kier alpha value is -2.40. The highest BCUT2D eigenvalue weighted by molar-refractivity contribution is 5.81. The summed E-state index contributed by atoms with van der Waals surface area (Å²) in [7, 11) is 1.55. The summed E-state index contributed by atoms with van der Waals surface area (Å²) in [4.78, 5) is 15.6. The summed E-state index contributed by atoms with van der Waals surface area (Å²) >= 11 is 0. The number of amides is 1. The van der Waals surface area contributed by atoms with E-state index in [0.717, 1.165) is 11.1 Å². The van der Waals surface area contributed by atoms with Gasteiger partial charge in [-0.05, 0) is 11.1 Å². The van der Waals surface area contributed by atoms with E-state index in [4.69, 9.17) is 16.2 Å². The van der Waals surface area contributed by atoms with E-state index in [9.17, 15) is 4.79 Å². The van der Waals surface area contributed by atoms with Gasteiger partial charge in [0, 0.05) is 18.2 Å². The van der Waals surface area contributed by atoms with Gasteiger partial charge in [-0.1, -0.05) is 36.4 Å². The second-order valence-corrected chi connectivity index (χ2v) is 4.45.